The highest BCUT2D eigenvalue weighted by Crippen LogP contribution is 2.30. The summed E-state index contributed by atoms with van der Waals surface area (Å²) in [5.41, 5.74) is 0. The number of amides is 1. The molecule has 7 nitrogen and oxygen atoms in total. The van der Waals surface area contributed by atoms with Gasteiger partial charge in [-0.2, -0.15) is 4.31 Å². The molecule has 0 aliphatic carbocycles. The number of ether oxygens (including phenoxy) is 1. The van der Waals surface area contributed by atoms with Crippen LogP contribution in [0.3, 0.4) is 0 Å². The summed E-state index contributed by atoms with van der Waals surface area (Å²) in [5, 5.41) is 0. The highest BCUT2D eigenvalue weighted by molar-refractivity contribution is 7.89. The van der Waals surface area contributed by atoms with E-state index in [0.29, 0.717) is 12.8 Å². The number of halogens is 3. The van der Waals surface area contributed by atoms with E-state index in [2.05, 4.69) is 9.64 Å². The SMILES string of the molecule is O=C(C1CCN(S(=O)(=O)c2cccc(OC(F)(F)F)c2)CC1)N1CCCC1CN1CCCC1. The number of rotatable bonds is 6. The van der Waals surface area contributed by atoms with Crippen LogP contribution in [0.25, 0.3) is 0 Å². The van der Waals surface area contributed by atoms with Crippen LogP contribution in [0.4, 0.5) is 13.2 Å². The Morgan fingerprint density at radius 3 is 2.36 bits per heavy atom. The van der Waals surface area contributed by atoms with E-state index in [1.807, 2.05) is 4.90 Å². The van der Waals surface area contributed by atoms with Crippen molar-refractivity contribution >= 4 is 15.9 Å². The van der Waals surface area contributed by atoms with Crippen LogP contribution in [0.2, 0.25) is 0 Å². The van der Waals surface area contributed by atoms with Crippen molar-refractivity contribution in [1.82, 2.24) is 14.1 Å². The average molecular weight is 490 g/mol. The van der Waals surface area contributed by atoms with E-state index in [1.165, 1.54) is 29.3 Å². The molecule has 3 saturated heterocycles. The number of hydrogen-bond acceptors (Lipinski definition) is 5. The minimum Gasteiger partial charge on any atom is -0.406 e. The van der Waals surface area contributed by atoms with Crippen LogP contribution in [0.15, 0.2) is 29.2 Å². The third-order valence-corrected chi connectivity index (χ3v) is 8.70. The molecule has 3 fully saturated rings. The van der Waals surface area contributed by atoms with Crippen molar-refractivity contribution in [2.45, 2.75) is 55.8 Å². The fraction of sp³-hybridized carbons (Fsp3) is 0.682. The molecule has 3 aliphatic heterocycles. The quantitative estimate of drug-likeness (QED) is 0.614. The molecule has 4 rings (SSSR count). The van der Waals surface area contributed by atoms with Gasteiger partial charge in [-0.1, -0.05) is 6.07 Å². The zero-order valence-electron chi connectivity index (χ0n) is 18.5. The van der Waals surface area contributed by atoms with Gasteiger partial charge in [0, 0.05) is 44.2 Å². The zero-order chi connectivity index (χ0) is 23.6. The Bertz CT molecular complexity index is 942. The predicted octanol–water partition coefficient (Wildman–Crippen LogP) is 3.07. The number of nitrogens with zero attached hydrogens (tertiary/aromatic N) is 3. The van der Waals surface area contributed by atoms with Crippen molar-refractivity contribution in [3.63, 3.8) is 0 Å². The van der Waals surface area contributed by atoms with E-state index < -0.39 is 22.1 Å². The molecule has 1 aromatic carbocycles. The monoisotopic (exact) mass is 489 g/mol. The van der Waals surface area contributed by atoms with Crippen molar-refractivity contribution in [3.05, 3.63) is 24.3 Å². The molecule has 1 atom stereocenters. The first kappa shape index (κ1) is 24.3. The number of carbonyl (C=O) groups is 1. The van der Waals surface area contributed by atoms with Crippen LogP contribution in [0, 0.1) is 5.92 Å². The van der Waals surface area contributed by atoms with Crippen LogP contribution in [-0.4, -0.2) is 80.1 Å². The summed E-state index contributed by atoms with van der Waals surface area (Å²) < 4.78 is 68.5. The van der Waals surface area contributed by atoms with Crippen molar-refractivity contribution in [2.75, 3.05) is 39.3 Å². The normalized spacial score (nSPS) is 23.8. The Hall–Kier alpha value is -1.85. The number of alkyl halides is 3. The molecule has 1 unspecified atom stereocenters. The molecule has 3 aliphatic rings. The van der Waals surface area contributed by atoms with Crippen LogP contribution in [0.5, 0.6) is 5.75 Å². The zero-order valence-corrected chi connectivity index (χ0v) is 19.3. The maximum Gasteiger partial charge on any atom is 0.573 e. The lowest BCUT2D eigenvalue weighted by atomic mass is 9.96. The van der Waals surface area contributed by atoms with Crippen LogP contribution in [-0.2, 0) is 14.8 Å². The van der Waals surface area contributed by atoms with Crippen molar-refractivity contribution in [2.24, 2.45) is 5.92 Å². The smallest absolute Gasteiger partial charge is 0.406 e. The molecule has 3 heterocycles. The van der Waals surface area contributed by atoms with Gasteiger partial charge in [0.15, 0.2) is 0 Å². The first-order valence-electron chi connectivity index (χ1n) is 11.5. The number of benzene rings is 1. The van der Waals surface area contributed by atoms with E-state index in [1.54, 1.807) is 0 Å². The number of piperidine rings is 1. The van der Waals surface area contributed by atoms with Gasteiger partial charge in [0.25, 0.3) is 0 Å². The van der Waals surface area contributed by atoms with E-state index in [4.69, 9.17) is 0 Å². The first-order chi connectivity index (χ1) is 15.6. The molecule has 0 aromatic heterocycles. The summed E-state index contributed by atoms with van der Waals surface area (Å²) in [6, 6.07) is 4.65. The second-order valence-corrected chi connectivity index (χ2v) is 11.0. The molecule has 1 amide bonds. The lowest BCUT2D eigenvalue weighted by Crippen LogP contribution is -2.48. The summed E-state index contributed by atoms with van der Waals surface area (Å²) in [5.74, 6) is -0.698. The van der Waals surface area contributed by atoms with Gasteiger partial charge >= 0.3 is 6.36 Å². The van der Waals surface area contributed by atoms with Gasteiger partial charge in [0.05, 0.1) is 4.90 Å². The Morgan fingerprint density at radius 2 is 1.70 bits per heavy atom. The number of sulfonamides is 1. The molecule has 1 aromatic rings. The van der Waals surface area contributed by atoms with Gasteiger partial charge in [0.1, 0.15) is 5.75 Å². The summed E-state index contributed by atoms with van der Waals surface area (Å²) >= 11 is 0. The molecule has 0 radical (unpaired) electrons. The average Bonchev–Trinajstić information content (AvgIpc) is 3.45. The lowest BCUT2D eigenvalue weighted by molar-refractivity contribution is -0.274. The Labute approximate surface area is 192 Å². The van der Waals surface area contributed by atoms with Crippen molar-refractivity contribution in [3.8, 4) is 5.75 Å². The Morgan fingerprint density at radius 1 is 1.00 bits per heavy atom. The summed E-state index contributed by atoms with van der Waals surface area (Å²) in [6.07, 6.45) is 0.327. The molecular weight excluding hydrogens is 459 g/mol. The van der Waals surface area contributed by atoms with E-state index >= 15 is 0 Å². The van der Waals surface area contributed by atoms with Gasteiger partial charge in [-0.05, 0) is 63.7 Å². The van der Waals surface area contributed by atoms with Gasteiger partial charge in [0.2, 0.25) is 15.9 Å². The maximum absolute atomic E-state index is 13.2. The summed E-state index contributed by atoms with van der Waals surface area (Å²) in [6.45, 7) is 4.16. The molecule has 33 heavy (non-hydrogen) atoms. The van der Waals surface area contributed by atoms with Crippen molar-refractivity contribution < 1.29 is 31.1 Å². The standard InChI is InChI=1S/C22H30F3N3O4S/c23-22(24,25)32-19-6-3-7-20(15-19)33(30,31)27-13-8-17(9-14-27)21(29)28-12-4-5-18(28)16-26-10-1-2-11-26/h3,6-7,15,17-18H,1-2,4-5,8-14,16H2. The van der Waals surface area contributed by atoms with Gasteiger partial charge in [-0.15, -0.1) is 13.2 Å². The molecule has 0 bridgehead atoms. The van der Waals surface area contributed by atoms with Gasteiger partial charge in [-0.25, -0.2) is 8.42 Å². The van der Waals surface area contributed by atoms with Crippen LogP contribution >= 0.6 is 0 Å². The molecule has 11 heteroatoms. The molecule has 0 spiro atoms. The lowest BCUT2D eigenvalue weighted by Gasteiger charge is -2.35. The van der Waals surface area contributed by atoms with Gasteiger partial charge < -0.3 is 14.5 Å². The fourth-order valence-electron chi connectivity index (χ4n) is 5.14. The minimum absolute atomic E-state index is 0.106. The largest absolute Gasteiger partial charge is 0.573 e. The third kappa shape index (κ3) is 5.81. The number of likely N-dealkylation sites (tertiary alicyclic amines) is 2. The summed E-state index contributed by atoms with van der Waals surface area (Å²) in [7, 11) is -3.98. The summed E-state index contributed by atoms with van der Waals surface area (Å²) in [4.78, 5) is 17.4. The molecular formula is C22H30F3N3O4S. The second-order valence-electron chi connectivity index (χ2n) is 9.04. The molecule has 0 N–H and O–H groups in total. The van der Waals surface area contributed by atoms with Crippen LogP contribution < -0.4 is 4.74 Å². The van der Waals surface area contributed by atoms with Gasteiger partial charge in [-0.3, -0.25) is 4.79 Å². The fourth-order valence-corrected chi connectivity index (χ4v) is 6.64. The van der Waals surface area contributed by atoms with Crippen molar-refractivity contribution in [1.29, 1.82) is 0 Å². The Kier molecular flexibility index (Phi) is 7.20. The van der Waals surface area contributed by atoms with E-state index in [0.717, 1.165) is 51.2 Å². The Balaban J connectivity index is 1.36. The topological polar surface area (TPSA) is 70.2 Å². The molecule has 0 saturated carbocycles. The minimum atomic E-state index is -4.90. The predicted molar refractivity (Wildman–Crippen MR) is 115 cm³/mol. The maximum atomic E-state index is 13.2. The first-order valence-corrected chi connectivity index (χ1v) is 13.0. The third-order valence-electron chi connectivity index (χ3n) is 6.81. The number of carbonyl (C=O) groups excluding carboxylic acids is 1. The molecule has 184 valence electrons. The van der Waals surface area contributed by atoms with Crippen LogP contribution in [0.1, 0.15) is 38.5 Å². The highest BCUT2D eigenvalue weighted by Gasteiger charge is 2.38. The van der Waals surface area contributed by atoms with E-state index in [9.17, 15) is 26.4 Å². The highest BCUT2D eigenvalue weighted by atomic mass is 32.2. The van der Waals surface area contributed by atoms with E-state index in [-0.39, 0.29) is 35.9 Å². The number of hydrogen-bond donors (Lipinski definition) is 0. The second kappa shape index (κ2) is 9.79.